The number of nitrogens with one attached hydrogen (secondary N) is 1. The summed E-state index contributed by atoms with van der Waals surface area (Å²) in [5.41, 5.74) is 0.810. The molecule has 1 aliphatic carbocycles. The van der Waals surface area contributed by atoms with Crippen LogP contribution < -0.4 is 5.32 Å². The van der Waals surface area contributed by atoms with Crippen LogP contribution in [0.25, 0.3) is 0 Å². The van der Waals surface area contributed by atoms with Crippen molar-refractivity contribution < 1.29 is 4.79 Å². The Hall–Kier alpha value is -1.15. The van der Waals surface area contributed by atoms with Gasteiger partial charge in [-0.25, -0.2) is 0 Å². The zero-order valence-electron chi connectivity index (χ0n) is 11.9. The second kappa shape index (κ2) is 7.44. The van der Waals surface area contributed by atoms with Gasteiger partial charge in [0.25, 0.3) is 0 Å². The van der Waals surface area contributed by atoms with E-state index in [9.17, 15) is 4.79 Å². The van der Waals surface area contributed by atoms with Crippen molar-refractivity contribution in [2.75, 3.05) is 13.1 Å². The molecule has 0 aliphatic heterocycles. The average molecular weight is 259 g/mol. The fourth-order valence-electron chi connectivity index (χ4n) is 2.96. The molecule has 104 valence electrons. The maximum absolute atomic E-state index is 11.9. The molecular formula is C17H25NO. The van der Waals surface area contributed by atoms with Crippen LogP contribution in [-0.2, 0) is 0 Å². The molecule has 1 aliphatic rings. The monoisotopic (exact) mass is 259 g/mol. The first-order chi connectivity index (χ1) is 9.29. The van der Waals surface area contributed by atoms with Crippen LogP contribution in [0.4, 0.5) is 0 Å². The van der Waals surface area contributed by atoms with Crippen LogP contribution in [0.1, 0.15) is 49.4 Å². The van der Waals surface area contributed by atoms with Crippen molar-refractivity contribution in [1.29, 1.82) is 0 Å². The fourth-order valence-corrected chi connectivity index (χ4v) is 2.96. The molecule has 0 bridgehead atoms. The minimum Gasteiger partial charge on any atom is -0.309 e. The minimum atomic E-state index is 0.197. The number of Topliss-reactive ketones (excluding diaryl/α,β-unsaturated/α-hetero) is 1. The maximum atomic E-state index is 11.9. The third-order valence-corrected chi connectivity index (χ3v) is 4.36. The molecule has 1 saturated carbocycles. The summed E-state index contributed by atoms with van der Waals surface area (Å²) in [6.07, 6.45) is 6.72. The topological polar surface area (TPSA) is 29.1 Å². The van der Waals surface area contributed by atoms with Gasteiger partial charge in [-0.2, -0.15) is 0 Å². The average Bonchev–Trinajstić information content (AvgIpc) is 2.49. The zero-order valence-corrected chi connectivity index (χ0v) is 11.9. The van der Waals surface area contributed by atoms with Crippen LogP contribution in [0.3, 0.4) is 0 Å². The molecule has 1 fully saturated rings. The number of carbonyl (C=O) groups excluding carboxylic acids is 1. The summed E-state index contributed by atoms with van der Waals surface area (Å²) in [7, 11) is 0. The van der Waals surface area contributed by atoms with E-state index in [0.717, 1.165) is 23.9 Å². The highest BCUT2D eigenvalue weighted by Crippen LogP contribution is 2.29. The quantitative estimate of drug-likeness (QED) is 0.790. The highest BCUT2D eigenvalue weighted by Gasteiger charge is 2.19. The highest BCUT2D eigenvalue weighted by molar-refractivity contribution is 5.97. The van der Waals surface area contributed by atoms with Crippen molar-refractivity contribution in [2.24, 2.45) is 11.8 Å². The van der Waals surface area contributed by atoms with Gasteiger partial charge < -0.3 is 5.32 Å². The van der Waals surface area contributed by atoms with E-state index in [0.29, 0.717) is 6.54 Å². The lowest BCUT2D eigenvalue weighted by molar-refractivity contribution is 0.0988. The third kappa shape index (κ3) is 4.46. The SMILES string of the molecule is CC[C@H]1CC[C@H](CNCC(=O)c2ccccc2)CC1. The highest BCUT2D eigenvalue weighted by atomic mass is 16.1. The molecule has 0 heterocycles. The van der Waals surface area contributed by atoms with E-state index >= 15 is 0 Å². The van der Waals surface area contributed by atoms with E-state index in [1.54, 1.807) is 0 Å². The lowest BCUT2D eigenvalue weighted by Crippen LogP contribution is -2.30. The fraction of sp³-hybridized carbons (Fsp3) is 0.588. The molecule has 1 aromatic carbocycles. The molecular weight excluding hydrogens is 234 g/mol. The van der Waals surface area contributed by atoms with Crippen LogP contribution in [0.15, 0.2) is 30.3 Å². The van der Waals surface area contributed by atoms with E-state index in [-0.39, 0.29) is 5.78 Å². The van der Waals surface area contributed by atoms with E-state index in [1.165, 1.54) is 32.1 Å². The first-order valence-corrected chi connectivity index (χ1v) is 7.58. The lowest BCUT2D eigenvalue weighted by Gasteiger charge is -2.27. The summed E-state index contributed by atoms with van der Waals surface area (Å²) in [5.74, 6) is 1.91. The minimum absolute atomic E-state index is 0.197. The maximum Gasteiger partial charge on any atom is 0.176 e. The molecule has 1 N–H and O–H groups in total. The Morgan fingerprint density at radius 1 is 1.11 bits per heavy atom. The normalized spacial score (nSPS) is 23.2. The van der Waals surface area contributed by atoms with Crippen LogP contribution in [0.5, 0.6) is 0 Å². The molecule has 0 aromatic heterocycles. The van der Waals surface area contributed by atoms with Crippen molar-refractivity contribution >= 4 is 5.78 Å². The Morgan fingerprint density at radius 3 is 2.37 bits per heavy atom. The standard InChI is InChI=1S/C17H25NO/c1-2-14-8-10-15(11-9-14)12-18-13-17(19)16-6-4-3-5-7-16/h3-7,14-15,18H,2,8-13H2,1H3/t14-,15-. The summed E-state index contributed by atoms with van der Waals surface area (Å²) in [5, 5.41) is 3.34. The number of rotatable bonds is 6. The summed E-state index contributed by atoms with van der Waals surface area (Å²) in [4.78, 5) is 11.9. The Morgan fingerprint density at radius 2 is 1.74 bits per heavy atom. The van der Waals surface area contributed by atoms with Crippen LogP contribution >= 0.6 is 0 Å². The second-order valence-corrected chi connectivity index (χ2v) is 5.72. The van der Waals surface area contributed by atoms with Crippen molar-refractivity contribution in [3.63, 3.8) is 0 Å². The van der Waals surface area contributed by atoms with Gasteiger partial charge in [0, 0.05) is 5.56 Å². The van der Waals surface area contributed by atoms with Gasteiger partial charge in [0.2, 0.25) is 0 Å². The summed E-state index contributed by atoms with van der Waals surface area (Å²) >= 11 is 0. The van der Waals surface area contributed by atoms with Gasteiger partial charge in [0.05, 0.1) is 6.54 Å². The Bertz CT molecular complexity index is 380. The molecule has 0 unspecified atom stereocenters. The van der Waals surface area contributed by atoms with Crippen LogP contribution in [0, 0.1) is 11.8 Å². The number of benzene rings is 1. The summed E-state index contributed by atoms with van der Waals surface area (Å²) < 4.78 is 0. The predicted molar refractivity (Wildman–Crippen MR) is 79.4 cm³/mol. The number of hydrogen-bond donors (Lipinski definition) is 1. The lowest BCUT2D eigenvalue weighted by atomic mass is 9.81. The summed E-state index contributed by atoms with van der Waals surface area (Å²) in [6, 6.07) is 9.54. The van der Waals surface area contributed by atoms with E-state index < -0.39 is 0 Å². The van der Waals surface area contributed by atoms with Gasteiger partial charge in [-0.1, -0.05) is 56.5 Å². The van der Waals surface area contributed by atoms with Gasteiger partial charge >= 0.3 is 0 Å². The Balaban J connectivity index is 1.66. The summed E-state index contributed by atoms with van der Waals surface area (Å²) in [6.45, 7) is 3.76. The van der Waals surface area contributed by atoms with Gasteiger partial charge in [0.1, 0.15) is 0 Å². The first-order valence-electron chi connectivity index (χ1n) is 7.58. The van der Waals surface area contributed by atoms with Crippen molar-refractivity contribution in [1.82, 2.24) is 5.32 Å². The molecule has 0 radical (unpaired) electrons. The molecule has 1 aromatic rings. The largest absolute Gasteiger partial charge is 0.309 e. The molecule has 2 heteroatoms. The van der Waals surface area contributed by atoms with Gasteiger partial charge in [-0.3, -0.25) is 4.79 Å². The number of hydrogen-bond acceptors (Lipinski definition) is 2. The van der Waals surface area contributed by atoms with Crippen molar-refractivity contribution in [3.8, 4) is 0 Å². The van der Waals surface area contributed by atoms with E-state index in [4.69, 9.17) is 0 Å². The zero-order chi connectivity index (χ0) is 13.5. The number of carbonyl (C=O) groups is 1. The molecule has 0 atom stereocenters. The third-order valence-electron chi connectivity index (χ3n) is 4.36. The Labute approximate surface area is 116 Å². The number of ketones is 1. The van der Waals surface area contributed by atoms with E-state index in [1.807, 2.05) is 30.3 Å². The first kappa shape index (κ1) is 14.3. The molecule has 0 spiro atoms. The van der Waals surface area contributed by atoms with E-state index in [2.05, 4.69) is 12.2 Å². The molecule has 19 heavy (non-hydrogen) atoms. The van der Waals surface area contributed by atoms with Crippen molar-refractivity contribution in [3.05, 3.63) is 35.9 Å². The molecule has 0 saturated heterocycles. The molecule has 2 rings (SSSR count). The van der Waals surface area contributed by atoms with Gasteiger partial charge in [-0.15, -0.1) is 0 Å². The molecule has 0 amide bonds. The predicted octanol–water partition coefficient (Wildman–Crippen LogP) is 3.68. The smallest absolute Gasteiger partial charge is 0.176 e. The van der Waals surface area contributed by atoms with Crippen molar-refractivity contribution in [2.45, 2.75) is 39.0 Å². The Kier molecular flexibility index (Phi) is 5.59. The van der Waals surface area contributed by atoms with Gasteiger partial charge in [-0.05, 0) is 31.2 Å². The van der Waals surface area contributed by atoms with Crippen LogP contribution in [-0.4, -0.2) is 18.9 Å². The van der Waals surface area contributed by atoms with Gasteiger partial charge in [0.15, 0.2) is 5.78 Å². The second-order valence-electron chi connectivity index (χ2n) is 5.72. The molecule has 2 nitrogen and oxygen atoms in total. The van der Waals surface area contributed by atoms with Crippen LogP contribution in [0.2, 0.25) is 0 Å².